The van der Waals surface area contributed by atoms with Crippen LogP contribution in [0.2, 0.25) is 0 Å². The Labute approximate surface area is 164 Å². The third-order valence-electron chi connectivity index (χ3n) is 6.22. The lowest BCUT2D eigenvalue weighted by Crippen LogP contribution is -2.51. The number of pyridine rings is 1. The highest BCUT2D eigenvalue weighted by Crippen LogP contribution is 2.25. The van der Waals surface area contributed by atoms with Gasteiger partial charge in [-0.1, -0.05) is 6.07 Å². The molecule has 0 radical (unpaired) electrons. The third-order valence-corrected chi connectivity index (χ3v) is 6.22. The number of piperidine rings is 2. The summed E-state index contributed by atoms with van der Waals surface area (Å²) in [4.78, 5) is 21.7. The third kappa shape index (κ3) is 5.76. The molecular weight excluding hydrogens is 336 g/mol. The van der Waals surface area contributed by atoms with Gasteiger partial charge in [0.2, 0.25) is 5.91 Å². The Kier molecular flexibility index (Phi) is 7.25. The Bertz CT molecular complexity index is 575. The van der Waals surface area contributed by atoms with Gasteiger partial charge in [0, 0.05) is 36.4 Å². The maximum Gasteiger partial charge on any atom is 0.223 e. The number of carbonyl (C=O) groups is 1. The van der Waals surface area contributed by atoms with Gasteiger partial charge < -0.3 is 15.1 Å². The highest BCUT2D eigenvalue weighted by atomic mass is 16.1. The maximum absolute atomic E-state index is 12.2. The van der Waals surface area contributed by atoms with Gasteiger partial charge in [0.25, 0.3) is 0 Å². The summed E-state index contributed by atoms with van der Waals surface area (Å²) in [6.07, 6.45) is 9.43. The van der Waals surface area contributed by atoms with E-state index in [9.17, 15) is 4.79 Å². The van der Waals surface area contributed by atoms with Crippen LogP contribution < -0.4 is 5.32 Å². The topological polar surface area (TPSA) is 48.5 Å². The van der Waals surface area contributed by atoms with Gasteiger partial charge in [0.05, 0.1) is 0 Å². The largest absolute Gasteiger partial charge is 0.354 e. The summed E-state index contributed by atoms with van der Waals surface area (Å²) in [5, 5.41) is 3.08. The maximum atomic E-state index is 12.2. The zero-order valence-corrected chi connectivity index (χ0v) is 17.2. The molecule has 1 aromatic rings. The predicted molar refractivity (Wildman–Crippen MR) is 110 cm³/mol. The van der Waals surface area contributed by atoms with Crippen molar-refractivity contribution in [2.24, 2.45) is 5.92 Å². The number of carbonyl (C=O) groups excluding carboxylic acids is 1. The highest BCUT2D eigenvalue weighted by Gasteiger charge is 2.31. The van der Waals surface area contributed by atoms with E-state index in [2.05, 4.69) is 33.1 Å². The molecule has 1 aromatic heterocycles. The standard InChI is InChI=1S/C22H36N4O/c1-17(2)24-22(27)20-6-11-26(12-7-20)21-8-13-25(14-9-21)18(3)15-19-5-4-10-23-16-19/h4-5,10,16-18,20-21H,6-9,11-15H2,1-3H3,(H,24,27)/t18-/m1/s1. The van der Waals surface area contributed by atoms with Gasteiger partial charge in [0.1, 0.15) is 0 Å². The second-order valence-electron chi connectivity index (χ2n) is 8.66. The molecule has 2 aliphatic heterocycles. The molecule has 0 unspecified atom stereocenters. The van der Waals surface area contributed by atoms with Gasteiger partial charge in [-0.05, 0) is 90.7 Å². The van der Waals surface area contributed by atoms with Gasteiger partial charge in [-0.15, -0.1) is 0 Å². The molecule has 1 amide bonds. The van der Waals surface area contributed by atoms with E-state index < -0.39 is 0 Å². The fraction of sp³-hybridized carbons (Fsp3) is 0.727. The zero-order valence-electron chi connectivity index (χ0n) is 17.2. The van der Waals surface area contributed by atoms with Gasteiger partial charge >= 0.3 is 0 Å². The number of likely N-dealkylation sites (tertiary alicyclic amines) is 2. The van der Waals surface area contributed by atoms with Gasteiger partial charge in [-0.25, -0.2) is 0 Å². The Morgan fingerprint density at radius 1 is 1.15 bits per heavy atom. The highest BCUT2D eigenvalue weighted by molar-refractivity contribution is 5.78. The van der Waals surface area contributed by atoms with E-state index in [0.717, 1.165) is 32.4 Å². The van der Waals surface area contributed by atoms with Crippen molar-refractivity contribution in [3.8, 4) is 0 Å². The minimum atomic E-state index is 0.211. The van der Waals surface area contributed by atoms with Crippen molar-refractivity contribution >= 4 is 5.91 Å². The van der Waals surface area contributed by atoms with Crippen molar-refractivity contribution in [1.29, 1.82) is 0 Å². The summed E-state index contributed by atoms with van der Waals surface area (Å²) in [5.74, 6) is 0.465. The molecule has 0 saturated carbocycles. The van der Waals surface area contributed by atoms with Crippen molar-refractivity contribution < 1.29 is 4.79 Å². The number of amides is 1. The van der Waals surface area contributed by atoms with Crippen LogP contribution in [-0.2, 0) is 11.2 Å². The van der Waals surface area contributed by atoms with Crippen LogP contribution >= 0.6 is 0 Å². The molecule has 3 rings (SSSR count). The smallest absolute Gasteiger partial charge is 0.223 e. The van der Waals surface area contributed by atoms with E-state index in [1.165, 1.54) is 31.5 Å². The van der Waals surface area contributed by atoms with E-state index in [1.54, 1.807) is 0 Å². The number of rotatable bonds is 6. The summed E-state index contributed by atoms with van der Waals surface area (Å²) in [5.41, 5.74) is 1.33. The van der Waals surface area contributed by atoms with Crippen LogP contribution in [-0.4, -0.2) is 65.0 Å². The predicted octanol–water partition coefficient (Wildman–Crippen LogP) is 2.71. The van der Waals surface area contributed by atoms with E-state index in [-0.39, 0.29) is 17.9 Å². The first-order valence-electron chi connectivity index (χ1n) is 10.7. The van der Waals surface area contributed by atoms with Crippen molar-refractivity contribution in [1.82, 2.24) is 20.1 Å². The van der Waals surface area contributed by atoms with Gasteiger partial charge in [-0.3, -0.25) is 9.78 Å². The number of hydrogen-bond donors (Lipinski definition) is 1. The Morgan fingerprint density at radius 3 is 2.44 bits per heavy atom. The molecule has 5 nitrogen and oxygen atoms in total. The van der Waals surface area contributed by atoms with Crippen LogP contribution in [0.5, 0.6) is 0 Å². The van der Waals surface area contributed by atoms with Gasteiger partial charge in [-0.2, -0.15) is 0 Å². The molecule has 1 atom stereocenters. The molecule has 0 spiro atoms. The molecule has 5 heteroatoms. The lowest BCUT2D eigenvalue weighted by Gasteiger charge is -2.43. The van der Waals surface area contributed by atoms with Crippen LogP contribution in [0.25, 0.3) is 0 Å². The molecule has 0 bridgehead atoms. The van der Waals surface area contributed by atoms with E-state index in [1.807, 2.05) is 32.3 Å². The number of nitrogens with zero attached hydrogens (tertiary/aromatic N) is 3. The van der Waals surface area contributed by atoms with E-state index in [4.69, 9.17) is 0 Å². The van der Waals surface area contributed by atoms with Crippen LogP contribution in [0.4, 0.5) is 0 Å². The molecule has 1 N–H and O–H groups in total. The molecule has 150 valence electrons. The van der Waals surface area contributed by atoms with E-state index in [0.29, 0.717) is 12.1 Å². The van der Waals surface area contributed by atoms with Crippen molar-refractivity contribution in [2.75, 3.05) is 26.2 Å². The lowest BCUT2D eigenvalue weighted by atomic mass is 9.92. The second-order valence-corrected chi connectivity index (χ2v) is 8.66. The molecule has 0 aliphatic carbocycles. The van der Waals surface area contributed by atoms with Crippen molar-refractivity contribution in [2.45, 2.75) is 71.0 Å². The van der Waals surface area contributed by atoms with Crippen LogP contribution in [0.15, 0.2) is 24.5 Å². The molecule has 3 heterocycles. The average molecular weight is 373 g/mol. The summed E-state index contributed by atoms with van der Waals surface area (Å²) in [6.45, 7) is 10.9. The Hall–Kier alpha value is -1.46. The van der Waals surface area contributed by atoms with Crippen molar-refractivity contribution in [3.05, 3.63) is 30.1 Å². The first-order chi connectivity index (χ1) is 13.0. The first kappa shape index (κ1) is 20.3. The van der Waals surface area contributed by atoms with Crippen molar-refractivity contribution in [3.63, 3.8) is 0 Å². The number of nitrogens with one attached hydrogen (secondary N) is 1. The Balaban J connectivity index is 1.40. The molecular formula is C22H36N4O. The second kappa shape index (κ2) is 9.65. The molecule has 2 aliphatic rings. The van der Waals surface area contributed by atoms with E-state index >= 15 is 0 Å². The normalized spacial score (nSPS) is 22.1. The van der Waals surface area contributed by atoms with Crippen LogP contribution in [0.3, 0.4) is 0 Å². The minimum Gasteiger partial charge on any atom is -0.354 e. The molecule has 0 aromatic carbocycles. The molecule has 2 saturated heterocycles. The van der Waals surface area contributed by atoms with Gasteiger partial charge in [0.15, 0.2) is 0 Å². The molecule has 2 fully saturated rings. The Morgan fingerprint density at radius 2 is 1.85 bits per heavy atom. The summed E-state index contributed by atoms with van der Waals surface area (Å²) < 4.78 is 0. The number of aromatic nitrogens is 1. The number of hydrogen-bond acceptors (Lipinski definition) is 4. The monoisotopic (exact) mass is 372 g/mol. The SMILES string of the molecule is CC(C)NC(=O)C1CCN(C2CCN([C@H](C)Cc3cccnc3)CC2)CC1. The average Bonchev–Trinajstić information content (AvgIpc) is 2.68. The minimum absolute atomic E-state index is 0.211. The first-order valence-corrected chi connectivity index (χ1v) is 10.7. The van der Waals surface area contributed by atoms with Crippen LogP contribution in [0, 0.1) is 5.92 Å². The quantitative estimate of drug-likeness (QED) is 0.834. The summed E-state index contributed by atoms with van der Waals surface area (Å²) in [6, 6.07) is 5.71. The zero-order chi connectivity index (χ0) is 19.2. The molecule has 27 heavy (non-hydrogen) atoms. The fourth-order valence-electron chi connectivity index (χ4n) is 4.61. The summed E-state index contributed by atoms with van der Waals surface area (Å²) in [7, 11) is 0. The summed E-state index contributed by atoms with van der Waals surface area (Å²) >= 11 is 0. The fourth-order valence-corrected chi connectivity index (χ4v) is 4.61. The van der Waals surface area contributed by atoms with Crippen LogP contribution in [0.1, 0.15) is 52.0 Å². The lowest BCUT2D eigenvalue weighted by molar-refractivity contribution is -0.127.